The van der Waals surface area contributed by atoms with Crippen LogP contribution < -0.4 is 4.74 Å². The lowest BCUT2D eigenvalue weighted by Crippen LogP contribution is -2.13. The fraction of sp³-hybridized carbons (Fsp3) is 0.222. The molecule has 0 bridgehead atoms. The molecule has 0 aromatic heterocycles. The van der Waals surface area contributed by atoms with E-state index in [1.807, 2.05) is 37.3 Å². The monoisotopic (exact) mass is 298 g/mol. The van der Waals surface area contributed by atoms with E-state index >= 15 is 0 Å². The summed E-state index contributed by atoms with van der Waals surface area (Å²) in [5.74, 6) is 0.802. The molecule has 0 saturated heterocycles. The summed E-state index contributed by atoms with van der Waals surface area (Å²) in [4.78, 5) is 23.1. The van der Waals surface area contributed by atoms with Crippen LogP contribution >= 0.6 is 0 Å². The highest BCUT2D eigenvalue weighted by atomic mass is 16.5. The van der Waals surface area contributed by atoms with Gasteiger partial charge in [0.25, 0.3) is 0 Å². The first-order valence-corrected chi connectivity index (χ1v) is 7.21. The number of benzene rings is 2. The van der Waals surface area contributed by atoms with Gasteiger partial charge in [-0.05, 0) is 42.8 Å². The first-order chi connectivity index (χ1) is 10.7. The van der Waals surface area contributed by atoms with Gasteiger partial charge in [0, 0.05) is 12.0 Å². The van der Waals surface area contributed by atoms with Crippen LogP contribution in [0.15, 0.2) is 54.6 Å². The molecule has 0 aliphatic heterocycles. The van der Waals surface area contributed by atoms with Gasteiger partial charge in [0.05, 0.1) is 0 Å². The Balaban J connectivity index is 1.91. The minimum atomic E-state index is -0.347. The molecule has 0 aliphatic rings. The van der Waals surface area contributed by atoms with Crippen molar-refractivity contribution in [2.75, 3.05) is 6.61 Å². The maximum Gasteiger partial charge on any atom is 0.306 e. The first kappa shape index (κ1) is 15.8. The largest absolute Gasteiger partial charge is 0.457 e. The second kappa shape index (κ2) is 7.98. The van der Waals surface area contributed by atoms with E-state index < -0.39 is 0 Å². The third-order valence-electron chi connectivity index (χ3n) is 2.97. The highest BCUT2D eigenvalue weighted by molar-refractivity contribution is 5.98. The zero-order valence-electron chi connectivity index (χ0n) is 12.5. The zero-order chi connectivity index (χ0) is 15.8. The van der Waals surface area contributed by atoms with Crippen molar-refractivity contribution >= 4 is 11.8 Å². The highest BCUT2D eigenvalue weighted by Gasteiger charge is 2.09. The van der Waals surface area contributed by atoms with Crippen LogP contribution in [0.25, 0.3) is 0 Å². The Morgan fingerprint density at radius 2 is 1.55 bits per heavy atom. The Morgan fingerprint density at radius 3 is 2.18 bits per heavy atom. The summed E-state index contributed by atoms with van der Waals surface area (Å²) in [7, 11) is 0. The Morgan fingerprint density at radius 1 is 0.909 bits per heavy atom. The first-order valence-electron chi connectivity index (χ1n) is 7.21. The number of rotatable bonds is 7. The van der Waals surface area contributed by atoms with Gasteiger partial charge in [0.1, 0.15) is 11.5 Å². The minimum absolute atomic E-state index is 0.224. The number of ketones is 1. The standard InChI is InChI=1S/C18H18O4/c1-2-6-18(20)21-13-17(19)14-9-11-16(12-10-14)22-15-7-4-3-5-8-15/h3-5,7-12H,2,6,13H2,1H3. The number of Topliss-reactive ketones (excluding diaryl/α,β-unsaturated/α-hetero) is 1. The molecule has 2 rings (SSSR count). The van der Waals surface area contributed by atoms with E-state index in [-0.39, 0.29) is 18.4 Å². The molecule has 2 aromatic rings. The third-order valence-corrected chi connectivity index (χ3v) is 2.97. The van der Waals surface area contributed by atoms with Gasteiger partial charge in [-0.2, -0.15) is 0 Å². The summed E-state index contributed by atoms with van der Waals surface area (Å²) in [6, 6.07) is 16.1. The molecule has 0 N–H and O–H groups in total. The van der Waals surface area contributed by atoms with Gasteiger partial charge in [-0.1, -0.05) is 25.1 Å². The summed E-state index contributed by atoms with van der Waals surface area (Å²) >= 11 is 0. The van der Waals surface area contributed by atoms with E-state index in [1.54, 1.807) is 24.3 Å². The van der Waals surface area contributed by atoms with E-state index in [1.165, 1.54) is 0 Å². The van der Waals surface area contributed by atoms with Crippen molar-refractivity contribution in [2.24, 2.45) is 0 Å². The molecule has 114 valence electrons. The van der Waals surface area contributed by atoms with E-state index in [4.69, 9.17) is 9.47 Å². The molecule has 0 amide bonds. The molecule has 4 heteroatoms. The van der Waals surface area contributed by atoms with Crippen molar-refractivity contribution in [2.45, 2.75) is 19.8 Å². The van der Waals surface area contributed by atoms with Crippen molar-refractivity contribution in [3.63, 3.8) is 0 Å². The third kappa shape index (κ3) is 4.74. The van der Waals surface area contributed by atoms with Crippen molar-refractivity contribution < 1.29 is 19.1 Å². The molecule has 0 radical (unpaired) electrons. The van der Waals surface area contributed by atoms with Crippen molar-refractivity contribution in [1.82, 2.24) is 0 Å². The van der Waals surface area contributed by atoms with Crippen molar-refractivity contribution in [1.29, 1.82) is 0 Å². The summed E-state index contributed by atoms with van der Waals surface area (Å²) in [5.41, 5.74) is 0.490. The predicted octanol–water partition coefficient (Wildman–Crippen LogP) is 4.00. The van der Waals surface area contributed by atoms with Crippen LogP contribution in [0, 0.1) is 0 Å². The maximum atomic E-state index is 11.9. The minimum Gasteiger partial charge on any atom is -0.457 e. The van der Waals surface area contributed by atoms with Crippen LogP contribution in [0.1, 0.15) is 30.1 Å². The van der Waals surface area contributed by atoms with Gasteiger partial charge < -0.3 is 9.47 Å². The lowest BCUT2D eigenvalue weighted by molar-refractivity contribution is -0.142. The van der Waals surface area contributed by atoms with Crippen LogP contribution in [-0.2, 0) is 9.53 Å². The molecule has 0 atom stereocenters. The maximum absolute atomic E-state index is 11.9. The van der Waals surface area contributed by atoms with Crippen LogP contribution in [0.3, 0.4) is 0 Å². The molecule has 0 fully saturated rings. The molecule has 2 aromatic carbocycles. The number of ether oxygens (including phenoxy) is 2. The van der Waals surface area contributed by atoms with E-state index in [9.17, 15) is 9.59 Å². The molecule has 0 spiro atoms. The highest BCUT2D eigenvalue weighted by Crippen LogP contribution is 2.21. The predicted molar refractivity (Wildman–Crippen MR) is 83.2 cm³/mol. The van der Waals surface area contributed by atoms with Crippen molar-refractivity contribution in [3.8, 4) is 11.5 Å². The molecular weight excluding hydrogens is 280 g/mol. The van der Waals surface area contributed by atoms with E-state index in [0.29, 0.717) is 24.2 Å². The second-order valence-electron chi connectivity index (χ2n) is 4.77. The number of hydrogen-bond donors (Lipinski definition) is 0. The average Bonchev–Trinajstić information content (AvgIpc) is 2.54. The van der Waals surface area contributed by atoms with Gasteiger partial charge in [-0.25, -0.2) is 0 Å². The quantitative estimate of drug-likeness (QED) is 0.572. The number of para-hydroxylation sites is 1. The Labute approximate surface area is 129 Å². The van der Waals surface area contributed by atoms with Crippen LogP contribution in [0.2, 0.25) is 0 Å². The van der Waals surface area contributed by atoms with Gasteiger partial charge in [0.15, 0.2) is 12.4 Å². The Hall–Kier alpha value is -2.62. The molecule has 22 heavy (non-hydrogen) atoms. The molecule has 0 saturated carbocycles. The summed E-state index contributed by atoms with van der Waals surface area (Å²) in [6.45, 7) is 1.66. The summed E-state index contributed by atoms with van der Waals surface area (Å²) in [5, 5.41) is 0. The van der Waals surface area contributed by atoms with Gasteiger partial charge in [-0.3, -0.25) is 9.59 Å². The number of carbonyl (C=O) groups is 2. The second-order valence-corrected chi connectivity index (χ2v) is 4.77. The molecule has 0 aliphatic carbocycles. The lowest BCUT2D eigenvalue weighted by atomic mass is 10.1. The Kier molecular flexibility index (Phi) is 5.72. The smallest absolute Gasteiger partial charge is 0.306 e. The number of carbonyl (C=O) groups excluding carboxylic acids is 2. The van der Waals surface area contributed by atoms with E-state index in [2.05, 4.69) is 0 Å². The summed E-state index contributed by atoms with van der Waals surface area (Å²) in [6.07, 6.45) is 1.04. The normalized spacial score (nSPS) is 10.0. The molecule has 0 heterocycles. The van der Waals surface area contributed by atoms with Crippen LogP contribution in [-0.4, -0.2) is 18.4 Å². The summed E-state index contributed by atoms with van der Waals surface area (Å²) < 4.78 is 10.6. The van der Waals surface area contributed by atoms with Gasteiger partial charge in [0.2, 0.25) is 0 Å². The van der Waals surface area contributed by atoms with Crippen LogP contribution in [0.5, 0.6) is 11.5 Å². The lowest BCUT2D eigenvalue weighted by Gasteiger charge is -2.07. The fourth-order valence-electron chi connectivity index (χ4n) is 1.84. The molecular formula is C18H18O4. The molecule has 0 unspecified atom stereocenters. The average molecular weight is 298 g/mol. The number of hydrogen-bond acceptors (Lipinski definition) is 4. The van der Waals surface area contributed by atoms with Crippen LogP contribution in [0.4, 0.5) is 0 Å². The molecule has 4 nitrogen and oxygen atoms in total. The SMILES string of the molecule is CCCC(=O)OCC(=O)c1ccc(Oc2ccccc2)cc1. The fourth-order valence-corrected chi connectivity index (χ4v) is 1.84. The van der Waals surface area contributed by atoms with Crippen molar-refractivity contribution in [3.05, 3.63) is 60.2 Å². The number of esters is 1. The topological polar surface area (TPSA) is 52.6 Å². The van der Waals surface area contributed by atoms with Gasteiger partial charge in [-0.15, -0.1) is 0 Å². The zero-order valence-corrected chi connectivity index (χ0v) is 12.5. The van der Waals surface area contributed by atoms with Gasteiger partial charge >= 0.3 is 5.97 Å². The van der Waals surface area contributed by atoms with E-state index in [0.717, 1.165) is 5.75 Å². The Bertz CT molecular complexity index is 617.